The van der Waals surface area contributed by atoms with Crippen LogP contribution >= 0.6 is 0 Å². The summed E-state index contributed by atoms with van der Waals surface area (Å²) in [6.07, 6.45) is 3.11. The molecule has 110 valence electrons. The molecule has 0 aromatic heterocycles. The van der Waals surface area contributed by atoms with Gasteiger partial charge in [0.2, 0.25) is 0 Å². The predicted molar refractivity (Wildman–Crippen MR) is 71.0 cm³/mol. The zero-order valence-electron chi connectivity index (χ0n) is 11.6. The van der Waals surface area contributed by atoms with Crippen LogP contribution in [0.2, 0.25) is 0 Å². The van der Waals surface area contributed by atoms with Gasteiger partial charge in [-0.1, -0.05) is 6.92 Å². The fourth-order valence-electron chi connectivity index (χ4n) is 2.10. The number of carboxylic acids is 1. The number of rotatable bonds is 6. The maximum absolute atomic E-state index is 11.6. The molecule has 1 fully saturated rings. The van der Waals surface area contributed by atoms with Crippen molar-refractivity contribution in [3.05, 3.63) is 0 Å². The third-order valence-corrected chi connectivity index (χ3v) is 3.34. The molecule has 2 amide bonds. The van der Waals surface area contributed by atoms with E-state index in [2.05, 4.69) is 10.6 Å². The Bertz CT molecular complexity index is 309. The number of urea groups is 1. The standard InChI is InChI=1S/C13H24N2O4/c1-9(12(16)17)4-3-6-14-13(18)15-11-5-7-19-10(2)8-11/h9-11H,3-8H2,1-2H3,(H,16,17)(H2,14,15,18). The molecule has 1 aliphatic rings. The minimum absolute atomic E-state index is 0.168. The van der Waals surface area contributed by atoms with Gasteiger partial charge in [0.15, 0.2) is 0 Å². The Balaban J connectivity index is 2.09. The van der Waals surface area contributed by atoms with Gasteiger partial charge in [-0.2, -0.15) is 0 Å². The molecule has 1 aliphatic heterocycles. The highest BCUT2D eigenvalue weighted by molar-refractivity contribution is 5.74. The first kappa shape index (κ1) is 15.8. The van der Waals surface area contributed by atoms with Crippen molar-refractivity contribution >= 4 is 12.0 Å². The van der Waals surface area contributed by atoms with Crippen LogP contribution in [-0.4, -0.2) is 42.4 Å². The van der Waals surface area contributed by atoms with Crippen molar-refractivity contribution in [2.24, 2.45) is 5.92 Å². The molecule has 6 heteroatoms. The number of carbonyl (C=O) groups excluding carboxylic acids is 1. The van der Waals surface area contributed by atoms with Gasteiger partial charge in [-0.05, 0) is 32.6 Å². The zero-order chi connectivity index (χ0) is 14.3. The second-order valence-corrected chi connectivity index (χ2v) is 5.18. The molecule has 0 aromatic rings. The smallest absolute Gasteiger partial charge is 0.315 e. The highest BCUT2D eigenvalue weighted by atomic mass is 16.5. The van der Waals surface area contributed by atoms with E-state index < -0.39 is 5.97 Å². The topological polar surface area (TPSA) is 87.7 Å². The molecule has 3 atom stereocenters. The molecule has 1 heterocycles. The normalized spacial score (nSPS) is 24.5. The first-order valence-corrected chi connectivity index (χ1v) is 6.87. The van der Waals surface area contributed by atoms with Crippen LogP contribution in [0.25, 0.3) is 0 Å². The minimum atomic E-state index is -0.791. The summed E-state index contributed by atoms with van der Waals surface area (Å²) in [6.45, 7) is 4.86. The van der Waals surface area contributed by atoms with E-state index in [-0.39, 0.29) is 24.1 Å². The Morgan fingerprint density at radius 2 is 2.21 bits per heavy atom. The van der Waals surface area contributed by atoms with Crippen molar-refractivity contribution in [1.29, 1.82) is 0 Å². The van der Waals surface area contributed by atoms with Gasteiger partial charge in [0.1, 0.15) is 0 Å². The molecular weight excluding hydrogens is 248 g/mol. The van der Waals surface area contributed by atoms with Gasteiger partial charge in [-0.3, -0.25) is 4.79 Å². The van der Waals surface area contributed by atoms with Crippen molar-refractivity contribution in [2.45, 2.75) is 51.7 Å². The van der Waals surface area contributed by atoms with Gasteiger partial charge in [0.25, 0.3) is 0 Å². The molecule has 6 nitrogen and oxygen atoms in total. The quantitative estimate of drug-likeness (QED) is 0.637. The van der Waals surface area contributed by atoms with Crippen LogP contribution in [0.3, 0.4) is 0 Å². The van der Waals surface area contributed by atoms with E-state index >= 15 is 0 Å². The fraction of sp³-hybridized carbons (Fsp3) is 0.846. The zero-order valence-corrected chi connectivity index (χ0v) is 11.6. The van der Waals surface area contributed by atoms with Gasteiger partial charge in [-0.25, -0.2) is 4.79 Å². The van der Waals surface area contributed by atoms with Crippen molar-refractivity contribution in [1.82, 2.24) is 10.6 Å². The lowest BCUT2D eigenvalue weighted by atomic mass is 10.0. The molecule has 1 rings (SSSR count). The molecule has 0 spiro atoms. The summed E-state index contributed by atoms with van der Waals surface area (Å²) in [7, 11) is 0. The van der Waals surface area contributed by atoms with E-state index in [0.29, 0.717) is 26.0 Å². The molecule has 0 aliphatic carbocycles. The number of hydrogen-bond donors (Lipinski definition) is 3. The second-order valence-electron chi connectivity index (χ2n) is 5.18. The van der Waals surface area contributed by atoms with E-state index in [4.69, 9.17) is 9.84 Å². The molecule has 0 saturated carbocycles. The van der Waals surface area contributed by atoms with Crippen molar-refractivity contribution in [2.75, 3.05) is 13.2 Å². The number of aliphatic carboxylic acids is 1. The number of carboxylic acid groups (broad SMARTS) is 1. The minimum Gasteiger partial charge on any atom is -0.481 e. The van der Waals surface area contributed by atoms with Crippen LogP contribution in [0, 0.1) is 5.92 Å². The molecule has 0 bridgehead atoms. The van der Waals surface area contributed by atoms with Gasteiger partial charge in [-0.15, -0.1) is 0 Å². The number of ether oxygens (including phenoxy) is 1. The van der Waals surface area contributed by atoms with Gasteiger partial charge in [0.05, 0.1) is 12.0 Å². The average Bonchev–Trinajstić information content (AvgIpc) is 2.34. The second kappa shape index (κ2) is 7.99. The first-order valence-electron chi connectivity index (χ1n) is 6.87. The summed E-state index contributed by atoms with van der Waals surface area (Å²) in [5.41, 5.74) is 0. The Labute approximate surface area is 113 Å². The molecule has 0 radical (unpaired) electrons. The molecule has 0 aromatic carbocycles. The lowest BCUT2D eigenvalue weighted by molar-refractivity contribution is -0.141. The fourth-order valence-corrected chi connectivity index (χ4v) is 2.10. The highest BCUT2D eigenvalue weighted by Gasteiger charge is 2.20. The van der Waals surface area contributed by atoms with E-state index in [0.717, 1.165) is 12.8 Å². The number of hydrogen-bond acceptors (Lipinski definition) is 3. The maximum atomic E-state index is 11.6. The largest absolute Gasteiger partial charge is 0.481 e. The number of nitrogens with one attached hydrogen (secondary N) is 2. The van der Waals surface area contributed by atoms with Gasteiger partial charge in [0, 0.05) is 19.2 Å². The van der Waals surface area contributed by atoms with Crippen molar-refractivity contribution in [3.8, 4) is 0 Å². The van der Waals surface area contributed by atoms with Crippen LogP contribution in [-0.2, 0) is 9.53 Å². The lowest BCUT2D eigenvalue weighted by Gasteiger charge is -2.27. The average molecular weight is 272 g/mol. The monoisotopic (exact) mass is 272 g/mol. The summed E-state index contributed by atoms with van der Waals surface area (Å²) in [5, 5.41) is 14.4. The Morgan fingerprint density at radius 1 is 1.47 bits per heavy atom. The van der Waals surface area contributed by atoms with E-state index in [1.165, 1.54) is 0 Å². The van der Waals surface area contributed by atoms with Crippen LogP contribution in [0.5, 0.6) is 0 Å². The van der Waals surface area contributed by atoms with Crippen LogP contribution in [0.4, 0.5) is 4.79 Å². The summed E-state index contributed by atoms with van der Waals surface area (Å²) < 4.78 is 5.41. The summed E-state index contributed by atoms with van der Waals surface area (Å²) in [5.74, 6) is -1.15. The van der Waals surface area contributed by atoms with Crippen molar-refractivity contribution < 1.29 is 19.4 Å². The predicted octanol–water partition coefficient (Wildman–Crippen LogP) is 1.35. The Hall–Kier alpha value is -1.30. The number of carbonyl (C=O) groups is 2. The number of amides is 2. The molecule has 3 N–H and O–H groups in total. The van der Waals surface area contributed by atoms with Gasteiger partial charge >= 0.3 is 12.0 Å². The maximum Gasteiger partial charge on any atom is 0.315 e. The van der Waals surface area contributed by atoms with E-state index in [1.54, 1.807) is 6.92 Å². The summed E-state index contributed by atoms with van der Waals surface area (Å²) >= 11 is 0. The first-order chi connectivity index (χ1) is 8.99. The van der Waals surface area contributed by atoms with E-state index in [1.807, 2.05) is 6.92 Å². The highest BCUT2D eigenvalue weighted by Crippen LogP contribution is 2.12. The van der Waals surface area contributed by atoms with Crippen LogP contribution in [0.15, 0.2) is 0 Å². The third-order valence-electron chi connectivity index (χ3n) is 3.34. The SMILES string of the molecule is CC1CC(NC(=O)NCCCC(C)C(=O)O)CCO1. The molecular formula is C13H24N2O4. The summed E-state index contributed by atoms with van der Waals surface area (Å²) in [6, 6.07) is -0.0104. The lowest BCUT2D eigenvalue weighted by Crippen LogP contribution is -2.46. The summed E-state index contributed by atoms with van der Waals surface area (Å²) in [4.78, 5) is 22.2. The van der Waals surface area contributed by atoms with Crippen LogP contribution in [0.1, 0.15) is 39.5 Å². The molecule has 19 heavy (non-hydrogen) atoms. The third kappa shape index (κ3) is 6.42. The Morgan fingerprint density at radius 3 is 2.84 bits per heavy atom. The van der Waals surface area contributed by atoms with Crippen LogP contribution < -0.4 is 10.6 Å². The molecule has 1 saturated heterocycles. The van der Waals surface area contributed by atoms with E-state index in [9.17, 15) is 9.59 Å². The van der Waals surface area contributed by atoms with Crippen molar-refractivity contribution in [3.63, 3.8) is 0 Å². The van der Waals surface area contributed by atoms with Gasteiger partial charge < -0.3 is 20.5 Å². The molecule has 3 unspecified atom stereocenters. The Kier molecular flexibility index (Phi) is 6.62.